The third kappa shape index (κ3) is 2.23. The van der Waals surface area contributed by atoms with Gasteiger partial charge < -0.3 is 19.9 Å². The second kappa shape index (κ2) is 5.16. The number of nitrogen functional groups attached to an aromatic ring is 1. The number of nitrogens with zero attached hydrogens (tertiary/aromatic N) is 1. The Bertz CT molecular complexity index is 375. The number of nitrogens with two attached hydrogens (primary N) is 1. The fourth-order valence-electron chi connectivity index (χ4n) is 1.27. The first-order valence-electron chi connectivity index (χ1n) is 4.28. The topological polar surface area (TPSA) is 66.6 Å². The summed E-state index contributed by atoms with van der Waals surface area (Å²) in [5.74, 6) is -1.31. The minimum absolute atomic E-state index is 0.104. The van der Waals surface area contributed by atoms with Crippen LogP contribution in [0.15, 0.2) is 6.07 Å². The minimum atomic E-state index is -1.44. The molecular formula is C9H12Cl2N2O3. The van der Waals surface area contributed by atoms with Gasteiger partial charge in [0.05, 0.1) is 10.6 Å². The second-order valence-electron chi connectivity index (χ2n) is 2.86. The van der Waals surface area contributed by atoms with Crippen molar-refractivity contribution in [2.75, 3.05) is 27.1 Å². The molecule has 1 aromatic heterocycles. The Kier molecular flexibility index (Phi) is 4.35. The molecule has 0 aromatic carbocycles. The molecule has 0 saturated carbocycles. The molecule has 1 rings (SSSR count). The summed E-state index contributed by atoms with van der Waals surface area (Å²) in [6.45, 7) is 0. The maximum atomic E-state index is 5.93. The molecule has 0 bridgehead atoms. The highest BCUT2D eigenvalue weighted by Crippen LogP contribution is 2.34. The summed E-state index contributed by atoms with van der Waals surface area (Å²) in [4.78, 5) is 3.85. The predicted octanol–water partition coefficient (Wildman–Crippen LogP) is 2.02. The Labute approximate surface area is 103 Å². The van der Waals surface area contributed by atoms with Gasteiger partial charge in [0.25, 0.3) is 0 Å². The van der Waals surface area contributed by atoms with E-state index in [4.69, 9.17) is 43.1 Å². The van der Waals surface area contributed by atoms with E-state index in [1.54, 1.807) is 0 Å². The van der Waals surface area contributed by atoms with Crippen LogP contribution in [0.1, 0.15) is 5.56 Å². The summed E-state index contributed by atoms with van der Waals surface area (Å²) < 4.78 is 15.4. The lowest BCUT2D eigenvalue weighted by Gasteiger charge is -2.29. The van der Waals surface area contributed by atoms with E-state index in [-0.39, 0.29) is 16.0 Å². The van der Waals surface area contributed by atoms with Crippen LogP contribution in [0, 0.1) is 0 Å². The largest absolute Gasteiger partial charge is 0.382 e. The van der Waals surface area contributed by atoms with Gasteiger partial charge in [-0.05, 0) is 6.07 Å². The van der Waals surface area contributed by atoms with Gasteiger partial charge in [0.1, 0.15) is 11.0 Å². The first-order valence-corrected chi connectivity index (χ1v) is 5.03. The summed E-state index contributed by atoms with van der Waals surface area (Å²) in [5.41, 5.74) is 5.86. The Morgan fingerprint density at radius 3 is 2.12 bits per heavy atom. The predicted molar refractivity (Wildman–Crippen MR) is 61.4 cm³/mol. The molecule has 2 N–H and O–H groups in total. The number of halogens is 2. The lowest BCUT2D eigenvalue weighted by Crippen LogP contribution is -2.33. The molecule has 1 heterocycles. The van der Waals surface area contributed by atoms with Gasteiger partial charge in [-0.2, -0.15) is 0 Å². The average Bonchev–Trinajstić information content (AvgIpc) is 2.28. The molecule has 7 heteroatoms. The van der Waals surface area contributed by atoms with Crippen molar-refractivity contribution in [1.29, 1.82) is 0 Å². The molecule has 0 saturated heterocycles. The fourth-order valence-corrected chi connectivity index (χ4v) is 1.69. The number of anilines is 1. The van der Waals surface area contributed by atoms with Crippen LogP contribution < -0.4 is 5.73 Å². The van der Waals surface area contributed by atoms with Gasteiger partial charge >= 0.3 is 5.97 Å². The molecule has 0 aliphatic rings. The molecule has 1 aromatic rings. The first kappa shape index (κ1) is 13.5. The molecule has 0 spiro atoms. The lowest BCUT2D eigenvalue weighted by atomic mass is 10.2. The average molecular weight is 267 g/mol. The molecule has 16 heavy (non-hydrogen) atoms. The third-order valence-electron chi connectivity index (χ3n) is 2.09. The number of ether oxygens (including phenoxy) is 3. The number of pyridine rings is 1. The van der Waals surface area contributed by atoms with Crippen molar-refractivity contribution < 1.29 is 14.2 Å². The maximum absolute atomic E-state index is 5.93. The van der Waals surface area contributed by atoms with Crippen molar-refractivity contribution >= 4 is 29.0 Å². The van der Waals surface area contributed by atoms with Gasteiger partial charge in [0.15, 0.2) is 0 Å². The van der Waals surface area contributed by atoms with E-state index < -0.39 is 5.97 Å². The summed E-state index contributed by atoms with van der Waals surface area (Å²) in [6, 6.07) is 1.49. The molecule has 0 unspecified atom stereocenters. The number of aromatic nitrogens is 1. The molecule has 0 radical (unpaired) electrons. The van der Waals surface area contributed by atoms with Crippen LogP contribution in [0.2, 0.25) is 10.2 Å². The van der Waals surface area contributed by atoms with E-state index in [0.29, 0.717) is 5.56 Å². The highest BCUT2D eigenvalue weighted by Gasteiger charge is 2.36. The van der Waals surface area contributed by atoms with E-state index in [9.17, 15) is 0 Å². The van der Waals surface area contributed by atoms with Gasteiger partial charge in [-0.3, -0.25) is 0 Å². The lowest BCUT2D eigenvalue weighted by molar-refractivity contribution is -0.364. The molecule has 0 aliphatic heterocycles. The fraction of sp³-hybridized carbons (Fsp3) is 0.444. The second-order valence-corrected chi connectivity index (χ2v) is 3.63. The van der Waals surface area contributed by atoms with Crippen molar-refractivity contribution in [3.63, 3.8) is 0 Å². The number of hydrogen-bond donors (Lipinski definition) is 1. The van der Waals surface area contributed by atoms with Crippen molar-refractivity contribution in [3.05, 3.63) is 21.8 Å². The van der Waals surface area contributed by atoms with Gasteiger partial charge in [-0.15, -0.1) is 0 Å². The molecule has 0 aliphatic carbocycles. The SMILES string of the molecule is COC(OC)(OC)c1cc(Cl)c(N)nc1Cl. The minimum Gasteiger partial charge on any atom is -0.382 e. The monoisotopic (exact) mass is 266 g/mol. The maximum Gasteiger partial charge on any atom is 0.314 e. The van der Waals surface area contributed by atoms with Crippen LogP contribution in [-0.2, 0) is 20.2 Å². The quantitative estimate of drug-likeness (QED) is 0.667. The zero-order valence-electron chi connectivity index (χ0n) is 9.08. The van der Waals surface area contributed by atoms with Crippen LogP contribution in [0.3, 0.4) is 0 Å². The van der Waals surface area contributed by atoms with E-state index in [1.807, 2.05) is 0 Å². The van der Waals surface area contributed by atoms with Crippen LogP contribution in [0.5, 0.6) is 0 Å². The Morgan fingerprint density at radius 1 is 1.19 bits per heavy atom. The van der Waals surface area contributed by atoms with E-state index >= 15 is 0 Å². The highest BCUT2D eigenvalue weighted by atomic mass is 35.5. The number of rotatable bonds is 4. The molecule has 0 amide bonds. The molecular weight excluding hydrogens is 255 g/mol. The zero-order valence-corrected chi connectivity index (χ0v) is 10.6. The summed E-state index contributed by atoms with van der Waals surface area (Å²) >= 11 is 11.8. The van der Waals surface area contributed by atoms with Gasteiger partial charge in [0.2, 0.25) is 0 Å². The molecule has 5 nitrogen and oxygen atoms in total. The van der Waals surface area contributed by atoms with Crippen molar-refractivity contribution in [1.82, 2.24) is 4.98 Å². The number of methoxy groups -OCH3 is 3. The van der Waals surface area contributed by atoms with Crippen molar-refractivity contribution in [2.45, 2.75) is 5.97 Å². The van der Waals surface area contributed by atoms with Crippen LogP contribution in [0.4, 0.5) is 5.82 Å². The van der Waals surface area contributed by atoms with Gasteiger partial charge in [-0.25, -0.2) is 4.98 Å². The number of hydrogen-bond acceptors (Lipinski definition) is 5. The Hall–Kier alpha value is -0.590. The summed E-state index contributed by atoms with van der Waals surface area (Å²) in [6.07, 6.45) is 0. The zero-order chi connectivity index (χ0) is 12.3. The summed E-state index contributed by atoms with van der Waals surface area (Å²) in [7, 11) is 4.23. The smallest absolute Gasteiger partial charge is 0.314 e. The Morgan fingerprint density at radius 2 is 1.69 bits per heavy atom. The van der Waals surface area contributed by atoms with E-state index in [2.05, 4.69) is 4.98 Å². The standard InChI is InChI=1S/C9H12Cl2N2O3/c1-14-9(15-2,16-3)5-4-6(10)8(12)13-7(5)11/h4H,1-3H3,(H2,12,13). The van der Waals surface area contributed by atoms with Crippen molar-refractivity contribution in [3.8, 4) is 0 Å². The van der Waals surface area contributed by atoms with Crippen LogP contribution in [-0.4, -0.2) is 26.3 Å². The van der Waals surface area contributed by atoms with Crippen LogP contribution in [0.25, 0.3) is 0 Å². The van der Waals surface area contributed by atoms with Gasteiger partial charge in [-0.1, -0.05) is 23.2 Å². The molecule has 0 atom stereocenters. The molecule has 0 fully saturated rings. The van der Waals surface area contributed by atoms with E-state index in [1.165, 1.54) is 27.4 Å². The highest BCUT2D eigenvalue weighted by molar-refractivity contribution is 6.34. The van der Waals surface area contributed by atoms with E-state index in [0.717, 1.165) is 0 Å². The summed E-state index contributed by atoms with van der Waals surface area (Å²) in [5, 5.41) is 0.349. The van der Waals surface area contributed by atoms with Crippen molar-refractivity contribution in [2.24, 2.45) is 0 Å². The van der Waals surface area contributed by atoms with Gasteiger partial charge in [0, 0.05) is 21.3 Å². The normalized spacial score (nSPS) is 11.8. The molecule has 90 valence electrons. The van der Waals surface area contributed by atoms with Crippen LogP contribution >= 0.6 is 23.2 Å². The third-order valence-corrected chi connectivity index (χ3v) is 2.68. The Balaban J connectivity index is 3.35. The first-order chi connectivity index (χ1) is 7.50.